The van der Waals surface area contributed by atoms with E-state index in [9.17, 15) is 9.59 Å². The van der Waals surface area contributed by atoms with Crippen LogP contribution < -0.4 is 10.2 Å². The topological polar surface area (TPSA) is 62.3 Å². The van der Waals surface area contributed by atoms with Crippen LogP contribution >= 0.6 is 11.3 Å². The maximum atomic E-state index is 11.7. The number of hydrogen-bond donors (Lipinski definition) is 1. The quantitative estimate of drug-likeness (QED) is 0.818. The number of Topliss-reactive ketones (excluding diaryl/α,β-unsaturated/α-hetero) is 1. The summed E-state index contributed by atoms with van der Waals surface area (Å²) in [5.41, 5.74) is 0. The predicted octanol–water partition coefficient (Wildman–Crippen LogP) is 1.06. The van der Waals surface area contributed by atoms with Crippen LogP contribution in [-0.2, 0) is 4.79 Å². The van der Waals surface area contributed by atoms with Gasteiger partial charge in [0.05, 0.1) is 11.1 Å². The fourth-order valence-electron chi connectivity index (χ4n) is 1.91. The van der Waals surface area contributed by atoms with E-state index in [1.165, 1.54) is 18.3 Å². The molecule has 1 aromatic rings. The van der Waals surface area contributed by atoms with Gasteiger partial charge in [-0.1, -0.05) is 18.3 Å². The number of nitrogens with one attached hydrogen (secondary N) is 1. The molecule has 0 aromatic carbocycles. The van der Waals surface area contributed by atoms with Gasteiger partial charge >= 0.3 is 0 Å². The van der Waals surface area contributed by atoms with Gasteiger partial charge in [0, 0.05) is 20.0 Å². The molecule has 5 nitrogen and oxygen atoms in total. The number of nitrogens with zero attached hydrogens (tertiary/aromatic N) is 2. The van der Waals surface area contributed by atoms with Gasteiger partial charge in [0.1, 0.15) is 6.04 Å². The molecule has 17 heavy (non-hydrogen) atoms. The Labute approximate surface area is 104 Å². The first-order valence-electron chi connectivity index (χ1n) is 5.64. The third-order valence-electron chi connectivity index (χ3n) is 2.80. The molecule has 1 aliphatic rings. The van der Waals surface area contributed by atoms with Crippen molar-refractivity contribution in [1.29, 1.82) is 0 Å². The van der Waals surface area contributed by atoms with Gasteiger partial charge in [-0.05, 0) is 6.42 Å². The molecule has 0 saturated carbocycles. The second-order valence-corrected chi connectivity index (χ2v) is 4.98. The third kappa shape index (κ3) is 2.31. The molecule has 1 saturated heterocycles. The summed E-state index contributed by atoms with van der Waals surface area (Å²) in [6.07, 6.45) is 2.32. The van der Waals surface area contributed by atoms with Gasteiger partial charge in [-0.3, -0.25) is 9.59 Å². The lowest BCUT2D eigenvalue weighted by Gasteiger charge is -2.34. The number of carbonyl (C=O) groups excluding carboxylic acids is 2. The van der Waals surface area contributed by atoms with Crippen molar-refractivity contribution in [2.24, 2.45) is 0 Å². The summed E-state index contributed by atoms with van der Waals surface area (Å²) < 4.78 is 0. The minimum Gasteiger partial charge on any atom is -0.353 e. The van der Waals surface area contributed by atoms with Crippen molar-refractivity contribution >= 4 is 28.2 Å². The molecule has 6 heteroatoms. The summed E-state index contributed by atoms with van der Waals surface area (Å²) in [6, 6.07) is -0.172. The van der Waals surface area contributed by atoms with Gasteiger partial charge in [0.2, 0.25) is 5.91 Å². The van der Waals surface area contributed by atoms with Crippen LogP contribution in [0.1, 0.15) is 29.9 Å². The Balaban J connectivity index is 2.24. The second kappa shape index (κ2) is 4.83. The first kappa shape index (κ1) is 12.0. The van der Waals surface area contributed by atoms with Gasteiger partial charge in [0.15, 0.2) is 10.9 Å². The Kier molecular flexibility index (Phi) is 3.42. The summed E-state index contributed by atoms with van der Waals surface area (Å²) in [5.74, 6) is 0.0570. The first-order valence-corrected chi connectivity index (χ1v) is 6.46. The fourth-order valence-corrected chi connectivity index (χ4v) is 2.80. The molecule has 0 spiro atoms. The van der Waals surface area contributed by atoms with Crippen molar-refractivity contribution in [3.8, 4) is 0 Å². The smallest absolute Gasteiger partial charge is 0.242 e. The van der Waals surface area contributed by atoms with Crippen molar-refractivity contribution < 1.29 is 9.59 Å². The van der Waals surface area contributed by atoms with Crippen molar-refractivity contribution in [2.75, 3.05) is 18.0 Å². The zero-order valence-corrected chi connectivity index (χ0v) is 10.7. The molecule has 1 unspecified atom stereocenters. The number of carbonyl (C=O) groups is 2. The minimum atomic E-state index is -0.172. The summed E-state index contributed by atoms with van der Waals surface area (Å²) in [6.45, 7) is 4.87. The summed E-state index contributed by atoms with van der Waals surface area (Å²) in [5, 5.41) is 3.60. The Morgan fingerprint density at radius 3 is 3.06 bits per heavy atom. The molecule has 1 atom stereocenters. The number of anilines is 1. The molecule has 0 aliphatic carbocycles. The summed E-state index contributed by atoms with van der Waals surface area (Å²) in [4.78, 5) is 29.8. The van der Waals surface area contributed by atoms with E-state index >= 15 is 0 Å². The average Bonchev–Trinajstić information content (AvgIpc) is 2.77. The van der Waals surface area contributed by atoms with Crippen LogP contribution in [0.15, 0.2) is 6.20 Å². The first-order chi connectivity index (χ1) is 8.13. The van der Waals surface area contributed by atoms with Gasteiger partial charge in [-0.2, -0.15) is 0 Å². The molecule has 2 heterocycles. The van der Waals surface area contributed by atoms with Gasteiger partial charge < -0.3 is 10.2 Å². The van der Waals surface area contributed by atoms with E-state index in [1.54, 1.807) is 6.20 Å². The predicted molar refractivity (Wildman–Crippen MR) is 66.6 cm³/mol. The highest BCUT2D eigenvalue weighted by Crippen LogP contribution is 2.26. The van der Waals surface area contributed by atoms with E-state index in [2.05, 4.69) is 10.3 Å². The number of thiazole rings is 1. The average molecular weight is 253 g/mol. The van der Waals surface area contributed by atoms with Crippen LogP contribution in [0.2, 0.25) is 0 Å². The molecular weight excluding hydrogens is 238 g/mol. The zero-order valence-electron chi connectivity index (χ0n) is 9.90. The Morgan fingerprint density at radius 2 is 2.47 bits per heavy atom. The minimum absolute atomic E-state index is 0.0169. The lowest BCUT2D eigenvalue weighted by molar-refractivity contribution is -0.123. The molecule has 0 bridgehead atoms. The molecular formula is C11H15N3O2S. The summed E-state index contributed by atoms with van der Waals surface area (Å²) >= 11 is 1.35. The lowest BCUT2D eigenvalue weighted by Crippen LogP contribution is -2.55. The number of piperazine rings is 1. The largest absolute Gasteiger partial charge is 0.353 e. The van der Waals surface area contributed by atoms with Crippen LogP contribution in [0.4, 0.5) is 5.13 Å². The van der Waals surface area contributed by atoms with E-state index in [4.69, 9.17) is 0 Å². The standard InChI is InChI=1S/C11H15N3O2S/c1-3-8-10(16)12-4-5-14(8)11-13-6-9(17-11)7(2)15/h6,8H,3-5H2,1-2H3,(H,12,16). The monoisotopic (exact) mass is 253 g/mol. The number of aromatic nitrogens is 1. The van der Waals surface area contributed by atoms with E-state index in [0.717, 1.165) is 18.1 Å². The molecule has 1 N–H and O–H groups in total. The van der Waals surface area contributed by atoms with Crippen LogP contribution in [0, 0.1) is 0 Å². The van der Waals surface area contributed by atoms with Gasteiger partial charge in [-0.25, -0.2) is 4.98 Å². The maximum Gasteiger partial charge on any atom is 0.242 e. The van der Waals surface area contributed by atoms with E-state index in [0.29, 0.717) is 11.4 Å². The zero-order chi connectivity index (χ0) is 12.4. The Hall–Kier alpha value is -1.43. The van der Waals surface area contributed by atoms with E-state index in [1.807, 2.05) is 11.8 Å². The fraction of sp³-hybridized carbons (Fsp3) is 0.545. The third-order valence-corrected chi connectivity index (χ3v) is 3.94. The van der Waals surface area contributed by atoms with Crippen molar-refractivity contribution in [3.63, 3.8) is 0 Å². The van der Waals surface area contributed by atoms with Crippen LogP contribution in [0.3, 0.4) is 0 Å². The van der Waals surface area contributed by atoms with Crippen LogP contribution in [0.25, 0.3) is 0 Å². The van der Waals surface area contributed by atoms with Crippen LogP contribution in [-0.4, -0.2) is 35.8 Å². The molecule has 1 aromatic heterocycles. The van der Waals surface area contributed by atoms with E-state index < -0.39 is 0 Å². The maximum absolute atomic E-state index is 11.7. The number of ketones is 1. The second-order valence-electron chi connectivity index (χ2n) is 3.97. The highest BCUT2D eigenvalue weighted by Gasteiger charge is 2.30. The molecule has 1 aliphatic heterocycles. The lowest BCUT2D eigenvalue weighted by atomic mass is 10.1. The highest BCUT2D eigenvalue weighted by molar-refractivity contribution is 7.17. The van der Waals surface area contributed by atoms with Crippen molar-refractivity contribution in [3.05, 3.63) is 11.1 Å². The van der Waals surface area contributed by atoms with Gasteiger partial charge in [-0.15, -0.1) is 0 Å². The SMILES string of the molecule is CCC1C(=O)NCCN1c1ncc(C(C)=O)s1. The molecule has 0 radical (unpaired) electrons. The van der Waals surface area contributed by atoms with Crippen molar-refractivity contribution in [1.82, 2.24) is 10.3 Å². The van der Waals surface area contributed by atoms with Gasteiger partial charge in [0.25, 0.3) is 0 Å². The number of amides is 1. The van der Waals surface area contributed by atoms with Crippen molar-refractivity contribution in [2.45, 2.75) is 26.3 Å². The molecule has 1 fully saturated rings. The number of hydrogen-bond acceptors (Lipinski definition) is 5. The Morgan fingerprint density at radius 1 is 1.71 bits per heavy atom. The molecule has 1 amide bonds. The summed E-state index contributed by atoms with van der Waals surface area (Å²) in [7, 11) is 0. The number of rotatable bonds is 3. The van der Waals surface area contributed by atoms with E-state index in [-0.39, 0.29) is 17.7 Å². The normalized spacial score (nSPS) is 20.2. The molecule has 2 rings (SSSR count). The Bertz CT molecular complexity index is 444. The molecule has 92 valence electrons. The van der Waals surface area contributed by atoms with Crippen LogP contribution in [0.5, 0.6) is 0 Å². The highest BCUT2D eigenvalue weighted by atomic mass is 32.1.